The summed E-state index contributed by atoms with van der Waals surface area (Å²) in [4.78, 5) is 9.24. The molecule has 1 aliphatic heterocycles. The zero-order valence-corrected chi connectivity index (χ0v) is 12.2. The van der Waals surface area contributed by atoms with Gasteiger partial charge in [-0.2, -0.15) is 0 Å². The summed E-state index contributed by atoms with van der Waals surface area (Å²) in [6.45, 7) is 16.1. The maximum Gasteiger partial charge on any atom is 0.156 e. The Morgan fingerprint density at radius 3 is 2.56 bits per heavy atom. The highest BCUT2D eigenvalue weighted by molar-refractivity contribution is 5.71. The van der Waals surface area contributed by atoms with Gasteiger partial charge in [-0.15, -0.1) is 0 Å². The topological polar surface area (TPSA) is 24.3 Å². The van der Waals surface area contributed by atoms with E-state index in [1.54, 1.807) is 0 Å². The van der Waals surface area contributed by atoms with Gasteiger partial charge in [-0.3, -0.25) is 0 Å². The van der Waals surface area contributed by atoms with Crippen LogP contribution in [0.4, 0.5) is 5.82 Å². The average molecular weight is 248 g/mol. The Hall–Kier alpha value is -1.45. The Balaban J connectivity index is 2.49. The minimum atomic E-state index is 0.0857. The molecule has 0 saturated heterocycles. The maximum atomic E-state index is 4.54. The summed E-state index contributed by atoms with van der Waals surface area (Å²) in [6, 6.07) is 0. The lowest BCUT2D eigenvalue weighted by molar-refractivity contribution is 0.227. The van der Waals surface area contributed by atoms with Crippen molar-refractivity contribution in [2.24, 2.45) is 7.05 Å². The monoisotopic (exact) mass is 248 g/mol. The third-order valence-electron chi connectivity index (χ3n) is 3.60. The van der Waals surface area contributed by atoms with Crippen LogP contribution in [-0.2, 0) is 7.05 Å². The molecule has 0 saturated carbocycles. The van der Waals surface area contributed by atoms with Crippen molar-refractivity contribution < 1.29 is 0 Å². The molecule has 4 heteroatoms. The molecular weight excluding hydrogens is 224 g/mol. The molecule has 2 heterocycles. The van der Waals surface area contributed by atoms with Gasteiger partial charge in [0.15, 0.2) is 5.82 Å². The summed E-state index contributed by atoms with van der Waals surface area (Å²) < 4.78 is 2.07. The lowest BCUT2D eigenvalue weighted by Crippen LogP contribution is -2.42. The van der Waals surface area contributed by atoms with Gasteiger partial charge >= 0.3 is 0 Å². The van der Waals surface area contributed by atoms with Crippen molar-refractivity contribution in [1.29, 1.82) is 0 Å². The van der Waals surface area contributed by atoms with Crippen molar-refractivity contribution in [2.75, 3.05) is 24.5 Å². The van der Waals surface area contributed by atoms with E-state index in [-0.39, 0.29) is 5.54 Å². The minimum Gasteiger partial charge on any atom is -0.364 e. The molecule has 2 rings (SSSR count). The SMILES string of the molecule is C=C1c2c(ncn2C)N(CC)CCN1C(C)(C)C. The Morgan fingerprint density at radius 2 is 2.00 bits per heavy atom. The summed E-state index contributed by atoms with van der Waals surface area (Å²) in [5.41, 5.74) is 2.31. The zero-order valence-electron chi connectivity index (χ0n) is 12.2. The number of hydrogen-bond acceptors (Lipinski definition) is 3. The zero-order chi connectivity index (χ0) is 13.5. The molecule has 0 amide bonds. The second kappa shape index (κ2) is 4.34. The summed E-state index contributed by atoms with van der Waals surface area (Å²) >= 11 is 0. The van der Waals surface area contributed by atoms with Crippen LogP contribution >= 0.6 is 0 Å². The first-order chi connectivity index (χ1) is 8.36. The van der Waals surface area contributed by atoms with Gasteiger partial charge in [-0.05, 0) is 27.7 Å². The summed E-state index contributed by atoms with van der Waals surface area (Å²) in [5, 5.41) is 0. The first-order valence-electron chi connectivity index (χ1n) is 6.59. The van der Waals surface area contributed by atoms with Gasteiger partial charge in [-0.1, -0.05) is 6.58 Å². The summed E-state index contributed by atoms with van der Waals surface area (Å²) in [7, 11) is 2.04. The molecule has 0 fully saturated rings. The molecule has 0 unspecified atom stereocenters. The molecule has 0 aromatic carbocycles. The van der Waals surface area contributed by atoms with Gasteiger partial charge in [0, 0.05) is 32.2 Å². The van der Waals surface area contributed by atoms with Gasteiger partial charge in [0.25, 0.3) is 0 Å². The van der Waals surface area contributed by atoms with Crippen LogP contribution in [0.1, 0.15) is 33.4 Å². The maximum absolute atomic E-state index is 4.54. The van der Waals surface area contributed by atoms with Crippen LogP contribution in [-0.4, -0.2) is 39.6 Å². The van der Waals surface area contributed by atoms with E-state index < -0.39 is 0 Å². The van der Waals surface area contributed by atoms with E-state index in [1.807, 2.05) is 13.4 Å². The van der Waals surface area contributed by atoms with E-state index in [4.69, 9.17) is 0 Å². The lowest BCUT2D eigenvalue weighted by atomic mass is 10.0. The third kappa shape index (κ3) is 2.00. The van der Waals surface area contributed by atoms with Crippen LogP contribution in [0.5, 0.6) is 0 Å². The number of aromatic nitrogens is 2. The fraction of sp³-hybridized carbons (Fsp3) is 0.643. The van der Waals surface area contributed by atoms with Gasteiger partial charge in [0.05, 0.1) is 12.0 Å². The summed E-state index contributed by atoms with van der Waals surface area (Å²) in [5.74, 6) is 1.07. The summed E-state index contributed by atoms with van der Waals surface area (Å²) in [6.07, 6.45) is 1.88. The van der Waals surface area contributed by atoms with Gasteiger partial charge in [-0.25, -0.2) is 4.98 Å². The largest absolute Gasteiger partial charge is 0.364 e. The van der Waals surface area contributed by atoms with Gasteiger partial charge < -0.3 is 14.4 Å². The molecule has 18 heavy (non-hydrogen) atoms. The minimum absolute atomic E-state index is 0.0857. The molecule has 0 N–H and O–H groups in total. The molecule has 1 aromatic heterocycles. The molecular formula is C14H24N4. The smallest absolute Gasteiger partial charge is 0.156 e. The van der Waals surface area contributed by atoms with E-state index in [1.165, 1.54) is 0 Å². The van der Waals surface area contributed by atoms with Crippen LogP contribution in [0, 0.1) is 0 Å². The predicted octanol–water partition coefficient (Wildman–Crippen LogP) is 2.33. The first kappa shape index (κ1) is 13.0. The molecule has 1 aliphatic rings. The second-order valence-electron chi connectivity index (χ2n) is 5.88. The first-order valence-corrected chi connectivity index (χ1v) is 6.59. The molecule has 0 bridgehead atoms. The number of nitrogens with zero attached hydrogens (tertiary/aromatic N) is 4. The van der Waals surface area contributed by atoms with E-state index in [0.29, 0.717) is 0 Å². The van der Waals surface area contributed by atoms with E-state index in [2.05, 4.69) is 53.6 Å². The van der Waals surface area contributed by atoms with Crippen molar-refractivity contribution in [3.05, 3.63) is 18.6 Å². The van der Waals surface area contributed by atoms with Crippen molar-refractivity contribution in [2.45, 2.75) is 33.2 Å². The third-order valence-corrected chi connectivity index (χ3v) is 3.60. The van der Waals surface area contributed by atoms with Crippen molar-refractivity contribution in [1.82, 2.24) is 14.5 Å². The number of aryl methyl sites for hydroxylation is 1. The van der Waals surface area contributed by atoms with Crippen LogP contribution in [0.25, 0.3) is 5.70 Å². The Bertz CT molecular complexity index is 453. The van der Waals surface area contributed by atoms with Crippen molar-refractivity contribution >= 4 is 11.5 Å². The van der Waals surface area contributed by atoms with Crippen LogP contribution in [0.15, 0.2) is 12.9 Å². The number of likely N-dealkylation sites (N-methyl/N-ethyl adjacent to an activating group) is 1. The molecule has 0 atom stereocenters. The molecule has 100 valence electrons. The standard InChI is InChI=1S/C14H24N4/c1-7-17-8-9-18(14(3,4)5)11(2)12-13(17)15-10-16(12)6/h10H,2,7-9H2,1,3-6H3. The second-order valence-corrected chi connectivity index (χ2v) is 5.88. The van der Waals surface area contributed by atoms with Crippen LogP contribution in [0.3, 0.4) is 0 Å². The van der Waals surface area contributed by atoms with Crippen LogP contribution in [0.2, 0.25) is 0 Å². The fourth-order valence-electron chi connectivity index (χ4n) is 2.62. The Kier molecular flexibility index (Phi) is 3.13. The lowest BCUT2D eigenvalue weighted by Gasteiger charge is -2.38. The number of imidazole rings is 1. The number of anilines is 1. The molecule has 0 spiro atoms. The quantitative estimate of drug-likeness (QED) is 0.762. The Morgan fingerprint density at radius 1 is 1.33 bits per heavy atom. The van der Waals surface area contributed by atoms with Gasteiger partial charge in [0.2, 0.25) is 0 Å². The van der Waals surface area contributed by atoms with E-state index in [0.717, 1.165) is 36.8 Å². The highest BCUT2D eigenvalue weighted by Crippen LogP contribution is 2.33. The highest BCUT2D eigenvalue weighted by Gasteiger charge is 2.30. The van der Waals surface area contributed by atoms with Crippen molar-refractivity contribution in [3.8, 4) is 0 Å². The molecule has 4 nitrogen and oxygen atoms in total. The highest BCUT2D eigenvalue weighted by atomic mass is 15.3. The van der Waals surface area contributed by atoms with Crippen LogP contribution < -0.4 is 4.90 Å². The Labute approximate surface area is 110 Å². The fourth-order valence-corrected chi connectivity index (χ4v) is 2.62. The predicted molar refractivity (Wildman–Crippen MR) is 76.6 cm³/mol. The molecule has 0 aliphatic carbocycles. The normalized spacial score (nSPS) is 16.8. The number of hydrogen-bond donors (Lipinski definition) is 0. The number of rotatable bonds is 1. The molecule has 1 aromatic rings. The van der Waals surface area contributed by atoms with E-state index >= 15 is 0 Å². The van der Waals surface area contributed by atoms with E-state index in [9.17, 15) is 0 Å². The van der Waals surface area contributed by atoms with Gasteiger partial charge in [0.1, 0.15) is 5.69 Å². The average Bonchev–Trinajstić information content (AvgIpc) is 2.56. The number of fused-ring (bicyclic) bond motifs is 1. The van der Waals surface area contributed by atoms with Crippen molar-refractivity contribution in [3.63, 3.8) is 0 Å². The molecule has 0 radical (unpaired) electrons.